The maximum absolute atomic E-state index is 14.0. The van der Waals surface area contributed by atoms with Crippen molar-refractivity contribution in [1.82, 2.24) is 20.2 Å². The first-order valence-corrected chi connectivity index (χ1v) is 6.92. The zero-order valence-electron chi connectivity index (χ0n) is 12.1. The van der Waals surface area contributed by atoms with Gasteiger partial charge in [0.05, 0.1) is 11.1 Å². The van der Waals surface area contributed by atoms with Gasteiger partial charge in [0.1, 0.15) is 5.82 Å². The molecule has 2 rings (SSSR count). The highest BCUT2D eigenvalue weighted by atomic mass is 19.1. The van der Waals surface area contributed by atoms with E-state index in [9.17, 15) is 4.39 Å². The topological polar surface area (TPSA) is 69.6 Å². The molecule has 20 heavy (non-hydrogen) atoms. The van der Waals surface area contributed by atoms with Crippen molar-refractivity contribution < 1.29 is 4.39 Å². The van der Waals surface area contributed by atoms with Gasteiger partial charge >= 0.3 is 0 Å². The van der Waals surface area contributed by atoms with Crippen molar-refractivity contribution in [2.24, 2.45) is 0 Å². The van der Waals surface area contributed by atoms with Crippen LogP contribution in [0.25, 0.3) is 11.4 Å². The van der Waals surface area contributed by atoms with E-state index in [-0.39, 0.29) is 11.4 Å². The van der Waals surface area contributed by atoms with Crippen molar-refractivity contribution in [3.8, 4) is 11.4 Å². The quantitative estimate of drug-likeness (QED) is 0.853. The number of nitrogens with two attached hydrogens (primary N) is 1. The van der Waals surface area contributed by atoms with E-state index in [1.807, 2.05) is 0 Å². The van der Waals surface area contributed by atoms with Crippen molar-refractivity contribution in [3.05, 3.63) is 24.0 Å². The van der Waals surface area contributed by atoms with Crippen LogP contribution in [0.1, 0.15) is 40.0 Å². The van der Waals surface area contributed by atoms with Gasteiger partial charge in [-0.25, -0.2) is 9.07 Å². The first-order chi connectivity index (χ1) is 9.57. The van der Waals surface area contributed by atoms with Gasteiger partial charge in [0, 0.05) is 5.69 Å². The van der Waals surface area contributed by atoms with Crippen LogP contribution in [0, 0.1) is 5.82 Å². The standard InChI is InChI=1S/C14H20FN5/c1-4-14(5-2,6-3)20-13(17-18-19-20)11-9-10(16)7-8-12(11)15/h7-9H,4-6,16H2,1-3H3. The zero-order valence-corrected chi connectivity index (χ0v) is 12.1. The molecule has 108 valence electrons. The second-order valence-corrected chi connectivity index (χ2v) is 4.94. The summed E-state index contributed by atoms with van der Waals surface area (Å²) in [5, 5.41) is 11.8. The molecule has 0 amide bonds. The van der Waals surface area contributed by atoms with Gasteiger partial charge in [-0.05, 0) is 47.9 Å². The average Bonchev–Trinajstić information content (AvgIpc) is 2.94. The monoisotopic (exact) mass is 277 g/mol. The molecule has 0 saturated heterocycles. The third-order valence-corrected chi connectivity index (χ3v) is 4.12. The predicted molar refractivity (Wildman–Crippen MR) is 76.5 cm³/mol. The van der Waals surface area contributed by atoms with Crippen molar-refractivity contribution >= 4 is 5.69 Å². The fraction of sp³-hybridized carbons (Fsp3) is 0.500. The Morgan fingerprint density at radius 2 is 1.85 bits per heavy atom. The second kappa shape index (κ2) is 5.56. The lowest BCUT2D eigenvalue weighted by Gasteiger charge is -2.31. The summed E-state index contributed by atoms with van der Waals surface area (Å²) in [7, 11) is 0. The molecular formula is C14H20FN5. The van der Waals surface area contributed by atoms with Gasteiger partial charge in [-0.3, -0.25) is 0 Å². The fourth-order valence-corrected chi connectivity index (χ4v) is 2.59. The molecule has 1 aromatic carbocycles. The van der Waals surface area contributed by atoms with E-state index in [0.29, 0.717) is 17.1 Å². The van der Waals surface area contributed by atoms with Gasteiger partial charge in [-0.15, -0.1) is 5.10 Å². The number of nitrogens with zero attached hydrogens (tertiary/aromatic N) is 4. The Balaban J connectivity index is 2.61. The third-order valence-electron chi connectivity index (χ3n) is 4.12. The lowest BCUT2D eigenvalue weighted by atomic mass is 9.89. The summed E-state index contributed by atoms with van der Waals surface area (Å²) in [4.78, 5) is 0. The molecule has 0 unspecified atom stereocenters. The van der Waals surface area contributed by atoms with Crippen molar-refractivity contribution in [2.45, 2.75) is 45.6 Å². The van der Waals surface area contributed by atoms with Gasteiger partial charge < -0.3 is 5.73 Å². The SMILES string of the molecule is CCC(CC)(CC)n1nnnc1-c1cc(N)ccc1F. The minimum Gasteiger partial charge on any atom is -0.399 e. The highest BCUT2D eigenvalue weighted by molar-refractivity contribution is 5.61. The predicted octanol–water partition coefficient (Wildman–Crippen LogP) is 2.99. The van der Waals surface area contributed by atoms with Crippen LogP contribution >= 0.6 is 0 Å². The molecule has 0 fully saturated rings. The van der Waals surface area contributed by atoms with E-state index in [2.05, 4.69) is 36.3 Å². The Hall–Kier alpha value is -1.98. The number of nitrogen functional groups attached to an aromatic ring is 1. The van der Waals surface area contributed by atoms with Gasteiger partial charge in [0.25, 0.3) is 0 Å². The molecule has 2 aromatic rings. The largest absolute Gasteiger partial charge is 0.399 e. The minimum atomic E-state index is -0.368. The molecule has 2 N–H and O–H groups in total. The third kappa shape index (κ3) is 2.26. The normalized spacial score (nSPS) is 11.8. The van der Waals surface area contributed by atoms with Crippen LogP contribution in [0.5, 0.6) is 0 Å². The van der Waals surface area contributed by atoms with E-state index >= 15 is 0 Å². The molecule has 0 atom stereocenters. The first-order valence-electron chi connectivity index (χ1n) is 6.92. The molecule has 0 aliphatic carbocycles. The number of halogens is 1. The van der Waals surface area contributed by atoms with Gasteiger partial charge in [-0.2, -0.15) is 0 Å². The lowest BCUT2D eigenvalue weighted by Crippen LogP contribution is -2.33. The number of hydrogen-bond acceptors (Lipinski definition) is 4. The Morgan fingerprint density at radius 1 is 1.20 bits per heavy atom. The maximum atomic E-state index is 14.0. The Morgan fingerprint density at radius 3 is 2.45 bits per heavy atom. The molecule has 0 radical (unpaired) electrons. The average molecular weight is 277 g/mol. The molecule has 6 heteroatoms. The van der Waals surface area contributed by atoms with Crippen molar-refractivity contribution in [2.75, 3.05) is 5.73 Å². The number of anilines is 1. The van der Waals surface area contributed by atoms with Crippen molar-refractivity contribution in [3.63, 3.8) is 0 Å². The summed E-state index contributed by atoms with van der Waals surface area (Å²) in [6.45, 7) is 6.27. The van der Waals surface area contributed by atoms with E-state index in [1.165, 1.54) is 12.1 Å². The Kier molecular flexibility index (Phi) is 4.01. The molecule has 0 spiro atoms. The van der Waals surface area contributed by atoms with E-state index in [1.54, 1.807) is 10.7 Å². The number of rotatable bonds is 5. The van der Waals surface area contributed by atoms with Crippen LogP contribution in [-0.2, 0) is 5.54 Å². The van der Waals surface area contributed by atoms with Gasteiger partial charge in [-0.1, -0.05) is 20.8 Å². The highest BCUT2D eigenvalue weighted by Crippen LogP contribution is 2.33. The second-order valence-electron chi connectivity index (χ2n) is 4.94. The fourth-order valence-electron chi connectivity index (χ4n) is 2.59. The summed E-state index contributed by atoms with van der Waals surface area (Å²) in [5.41, 5.74) is 6.38. The number of benzene rings is 1. The molecule has 1 heterocycles. The van der Waals surface area contributed by atoms with Crippen LogP contribution in [0.15, 0.2) is 18.2 Å². The van der Waals surface area contributed by atoms with Crippen LogP contribution in [0.3, 0.4) is 0 Å². The summed E-state index contributed by atoms with van der Waals surface area (Å²) in [5.74, 6) is 0.0628. The molecular weight excluding hydrogens is 257 g/mol. The molecule has 1 aromatic heterocycles. The Bertz CT molecular complexity index is 581. The summed E-state index contributed by atoms with van der Waals surface area (Å²) in [6, 6.07) is 4.44. The highest BCUT2D eigenvalue weighted by Gasteiger charge is 2.31. The van der Waals surface area contributed by atoms with E-state index in [4.69, 9.17) is 5.73 Å². The Labute approximate surface area is 118 Å². The summed E-state index contributed by atoms with van der Waals surface area (Å²) < 4.78 is 15.8. The van der Waals surface area contributed by atoms with E-state index in [0.717, 1.165) is 19.3 Å². The van der Waals surface area contributed by atoms with E-state index < -0.39 is 0 Å². The number of aromatic nitrogens is 4. The minimum absolute atomic E-state index is 0.199. The van der Waals surface area contributed by atoms with Gasteiger partial charge in [0.15, 0.2) is 5.82 Å². The van der Waals surface area contributed by atoms with Crippen LogP contribution in [0.2, 0.25) is 0 Å². The number of hydrogen-bond donors (Lipinski definition) is 1. The molecule has 0 aliphatic rings. The first kappa shape index (κ1) is 14.4. The molecule has 0 saturated carbocycles. The summed E-state index contributed by atoms with van der Waals surface area (Å²) in [6.07, 6.45) is 2.63. The molecule has 0 aliphatic heterocycles. The smallest absolute Gasteiger partial charge is 0.185 e. The van der Waals surface area contributed by atoms with Crippen LogP contribution in [-0.4, -0.2) is 20.2 Å². The van der Waals surface area contributed by atoms with Crippen LogP contribution in [0.4, 0.5) is 10.1 Å². The number of tetrazole rings is 1. The molecule has 0 bridgehead atoms. The van der Waals surface area contributed by atoms with Crippen molar-refractivity contribution in [1.29, 1.82) is 0 Å². The lowest BCUT2D eigenvalue weighted by molar-refractivity contribution is 0.223. The molecule has 5 nitrogen and oxygen atoms in total. The maximum Gasteiger partial charge on any atom is 0.185 e. The zero-order chi connectivity index (χ0) is 14.8. The summed E-state index contributed by atoms with van der Waals surface area (Å²) >= 11 is 0. The van der Waals surface area contributed by atoms with Crippen LogP contribution < -0.4 is 5.73 Å². The van der Waals surface area contributed by atoms with Gasteiger partial charge in [0.2, 0.25) is 0 Å².